The zero-order chi connectivity index (χ0) is 12.8. The van der Waals surface area contributed by atoms with E-state index in [4.69, 9.17) is 10.2 Å². The summed E-state index contributed by atoms with van der Waals surface area (Å²) in [5.41, 5.74) is 6.04. The first-order valence-electron chi connectivity index (χ1n) is 7.31. The molecule has 18 heavy (non-hydrogen) atoms. The fraction of sp³-hybridized carbons (Fsp3) is 0.733. The van der Waals surface area contributed by atoms with E-state index in [1.165, 1.54) is 32.1 Å². The van der Waals surface area contributed by atoms with Gasteiger partial charge in [-0.15, -0.1) is 0 Å². The summed E-state index contributed by atoms with van der Waals surface area (Å²) in [7, 11) is 0. The molecule has 0 aromatic carbocycles. The zero-order valence-corrected chi connectivity index (χ0v) is 11.5. The normalized spacial score (nSPS) is 19.3. The monoisotopic (exact) mass is 250 g/mol. The second kappa shape index (κ2) is 6.95. The predicted octanol–water partition coefficient (Wildman–Crippen LogP) is 3.01. The average Bonchev–Trinajstić information content (AvgIpc) is 2.92. The van der Waals surface area contributed by atoms with Crippen LogP contribution in [0.5, 0.6) is 0 Å². The minimum Gasteiger partial charge on any atom is -0.468 e. The van der Waals surface area contributed by atoms with E-state index >= 15 is 0 Å². The molecule has 3 heteroatoms. The molecular formula is C15H26N2O. The summed E-state index contributed by atoms with van der Waals surface area (Å²) >= 11 is 0. The minimum atomic E-state index is 0.514. The molecule has 1 saturated carbocycles. The van der Waals surface area contributed by atoms with Gasteiger partial charge >= 0.3 is 0 Å². The number of nitrogens with zero attached hydrogens (tertiary/aromatic N) is 1. The van der Waals surface area contributed by atoms with Crippen molar-refractivity contribution in [2.45, 2.75) is 51.6 Å². The molecule has 2 rings (SSSR count). The van der Waals surface area contributed by atoms with Gasteiger partial charge in [0.2, 0.25) is 0 Å². The van der Waals surface area contributed by atoms with E-state index in [2.05, 4.69) is 17.9 Å². The Morgan fingerprint density at radius 3 is 2.72 bits per heavy atom. The van der Waals surface area contributed by atoms with Crippen LogP contribution in [0.25, 0.3) is 0 Å². The Labute approximate surface area is 110 Å². The van der Waals surface area contributed by atoms with Crippen molar-refractivity contribution in [1.82, 2.24) is 4.90 Å². The Bertz CT molecular complexity index is 317. The molecule has 0 amide bonds. The largest absolute Gasteiger partial charge is 0.468 e. The molecule has 1 aliphatic rings. The van der Waals surface area contributed by atoms with E-state index in [1.54, 1.807) is 6.26 Å². The van der Waals surface area contributed by atoms with Crippen molar-refractivity contribution < 1.29 is 4.42 Å². The minimum absolute atomic E-state index is 0.514. The molecule has 1 atom stereocenters. The molecule has 1 fully saturated rings. The van der Waals surface area contributed by atoms with E-state index in [0.29, 0.717) is 6.04 Å². The molecule has 0 bridgehead atoms. The van der Waals surface area contributed by atoms with Crippen molar-refractivity contribution in [2.24, 2.45) is 11.7 Å². The summed E-state index contributed by atoms with van der Waals surface area (Å²) in [5.74, 6) is 1.82. The summed E-state index contributed by atoms with van der Waals surface area (Å²) in [6.45, 7) is 4.91. The maximum Gasteiger partial charge on any atom is 0.117 e. The third-order valence-electron chi connectivity index (χ3n) is 4.25. The SMILES string of the molecule is CCN(Cc1ccco1)C(CN)C1CCCCC1. The second-order valence-corrected chi connectivity index (χ2v) is 5.34. The first-order valence-corrected chi connectivity index (χ1v) is 7.31. The fourth-order valence-corrected chi connectivity index (χ4v) is 3.22. The van der Waals surface area contributed by atoms with Crippen LogP contribution in [0.15, 0.2) is 22.8 Å². The van der Waals surface area contributed by atoms with E-state index in [-0.39, 0.29) is 0 Å². The van der Waals surface area contributed by atoms with Crippen molar-refractivity contribution >= 4 is 0 Å². The third-order valence-corrected chi connectivity index (χ3v) is 4.25. The molecule has 0 saturated heterocycles. The van der Waals surface area contributed by atoms with Gasteiger partial charge in [-0.2, -0.15) is 0 Å². The molecule has 1 aromatic heterocycles. The van der Waals surface area contributed by atoms with Crippen LogP contribution in [0.4, 0.5) is 0 Å². The number of furan rings is 1. The van der Waals surface area contributed by atoms with Crippen LogP contribution in [0.3, 0.4) is 0 Å². The highest BCUT2D eigenvalue weighted by molar-refractivity contribution is 4.99. The number of hydrogen-bond acceptors (Lipinski definition) is 3. The van der Waals surface area contributed by atoms with Crippen LogP contribution in [-0.4, -0.2) is 24.0 Å². The predicted molar refractivity (Wildman–Crippen MR) is 74.2 cm³/mol. The van der Waals surface area contributed by atoms with Crippen LogP contribution in [0, 0.1) is 5.92 Å². The Morgan fingerprint density at radius 2 is 2.17 bits per heavy atom. The molecule has 1 unspecified atom stereocenters. The van der Waals surface area contributed by atoms with Gasteiger partial charge in [0.1, 0.15) is 5.76 Å². The smallest absolute Gasteiger partial charge is 0.117 e. The molecule has 3 nitrogen and oxygen atoms in total. The van der Waals surface area contributed by atoms with Crippen LogP contribution >= 0.6 is 0 Å². The summed E-state index contributed by atoms with van der Waals surface area (Å²) in [6.07, 6.45) is 8.59. The van der Waals surface area contributed by atoms with E-state index in [1.807, 2.05) is 6.07 Å². The Morgan fingerprint density at radius 1 is 1.39 bits per heavy atom. The van der Waals surface area contributed by atoms with Crippen LogP contribution in [0.2, 0.25) is 0 Å². The maximum absolute atomic E-state index is 6.04. The third kappa shape index (κ3) is 3.36. The van der Waals surface area contributed by atoms with Crippen LogP contribution < -0.4 is 5.73 Å². The van der Waals surface area contributed by atoms with Gasteiger partial charge in [-0.3, -0.25) is 4.90 Å². The summed E-state index contributed by atoms with van der Waals surface area (Å²) in [6, 6.07) is 4.53. The first-order chi connectivity index (χ1) is 8.85. The maximum atomic E-state index is 6.04. The molecule has 2 N–H and O–H groups in total. The molecule has 0 spiro atoms. The summed E-state index contributed by atoms with van der Waals surface area (Å²) < 4.78 is 5.47. The Balaban J connectivity index is 1.98. The quantitative estimate of drug-likeness (QED) is 0.844. The van der Waals surface area contributed by atoms with Gasteiger partial charge in [0.05, 0.1) is 12.8 Å². The number of nitrogens with two attached hydrogens (primary N) is 1. The standard InChI is InChI=1S/C15H26N2O/c1-2-17(12-14-9-6-10-18-14)15(11-16)13-7-4-3-5-8-13/h6,9-10,13,15H,2-5,7-8,11-12,16H2,1H3. The van der Waals surface area contributed by atoms with Gasteiger partial charge in [0, 0.05) is 12.6 Å². The van der Waals surface area contributed by atoms with Gasteiger partial charge in [-0.25, -0.2) is 0 Å². The topological polar surface area (TPSA) is 42.4 Å². The van der Waals surface area contributed by atoms with Crippen molar-refractivity contribution in [3.63, 3.8) is 0 Å². The Hall–Kier alpha value is -0.800. The van der Waals surface area contributed by atoms with Crippen LogP contribution in [0.1, 0.15) is 44.8 Å². The van der Waals surface area contributed by atoms with Crippen molar-refractivity contribution in [2.75, 3.05) is 13.1 Å². The highest BCUT2D eigenvalue weighted by Gasteiger charge is 2.27. The van der Waals surface area contributed by atoms with Gasteiger partial charge in [0.25, 0.3) is 0 Å². The molecule has 1 heterocycles. The molecular weight excluding hydrogens is 224 g/mol. The average molecular weight is 250 g/mol. The van der Waals surface area contributed by atoms with Crippen LogP contribution in [-0.2, 0) is 6.54 Å². The second-order valence-electron chi connectivity index (χ2n) is 5.34. The number of hydrogen-bond donors (Lipinski definition) is 1. The lowest BCUT2D eigenvalue weighted by atomic mass is 9.83. The zero-order valence-electron chi connectivity index (χ0n) is 11.5. The van der Waals surface area contributed by atoms with E-state index in [0.717, 1.165) is 31.3 Å². The number of rotatable bonds is 6. The number of likely N-dealkylation sites (N-methyl/N-ethyl adjacent to an activating group) is 1. The van der Waals surface area contributed by atoms with E-state index < -0.39 is 0 Å². The lowest BCUT2D eigenvalue weighted by Crippen LogP contribution is -2.45. The van der Waals surface area contributed by atoms with Crippen molar-refractivity contribution in [3.05, 3.63) is 24.2 Å². The molecule has 1 aromatic rings. The highest BCUT2D eigenvalue weighted by Crippen LogP contribution is 2.29. The van der Waals surface area contributed by atoms with Gasteiger partial charge < -0.3 is 10.2 Å². The van der Waals surface area contributed by atoms with Gasteiger partial charge in [-0.1, -0.05) is 26.2 Å². The molecule has 102 valence electrons. The molecule has 0 aliphatic heterocycles. The van der Waals surface area contributed by atoms with Crippen molar-refractivity contribution in [3.8, 4) is 0 Å². The fourth-order valence-electron chi connectivity index (χ4n) is 3.22. The van der Waals surface area contributed by atoms with Crippen molar-refractivity contribution in [1.29, 1.82) is 0 Å². The Kier molecular flexibility index (Phi) is 5.26. The summed E-state index contributed by atoms with van der Waals surface area (Å²) in [4.78, 5) is 2.48. The highest BCUT2D eigenvalue weighted by atomic mass is 16.3. The molecule has 1 aliphatic carbocycles. The lowest BCUT2D eigenvalue weighted by Gasteiger charge is -2.37. The van der Waals surface area contributed by atoms with Gasteiger partial charge in [-0.05, 0) is 37.4 Å². The first kappa shape index (κ1) is 13.6. The molecule has 0 radical (unpaired) electrons. The van der Waals surface area contributed by atoms with E-state index in [9.17, 15) is 0 Å². The summed E-state index contributed by atoms with van der Waals surface area (Å²) in [5, 5.41) is 0. The lowest BCUT2D eigenvalue weighted by molar-refractivity contribution is 0.113. The van der Waals surface area contributed by atoms with Gasteiger partial charge in [0.15, 0.2) is 0 Å².